The molecule has 5 rings (SSSR count). The van der Waals surface area contributed by atoms with E-state index in [1.165, 1.54) is 21.8 Å². The second-order valence-electron chi connectivity index (χ2n) is 10.4. The summed E-state index contributed by atoms with van der Waals surface area (Å²) in [6.45, 7) is 10.7. The summed E-state index contributed by atoms with van der Waals surface area (Å²) in [5.41, 5.74) is 5.00. The Morgan fingerprint density at radius 2 is 1.87 bits per heavy atom. The number of aliphatic hydroxyl groups excluding tert-OH is 1. The maximum atomic E-state index is 13.6. The third-order valence-electron chi connectivity index (χ3n) is 6.88. The lowest BCUT2D eigenvalue weighted by Crippen LogP contribution is -2.29. The second kappa shape index (κ2) is 10.7. The standard InChI is InChI=1S/C32H32N2O4S/c1-6-21-10-12-24-26(16-21)39-32(33-24)34-28(22-9-7-8-19(4)14-22)27(30(36)31(34)37)29(35)23-11-13-25(20(5)15-23)38-17-18(2)3/h7-16,18,28,35H,6,17H2,1-5H3/b29-27+. The van der Waals surface area contributed by atoms with E-state index in [1.54, 1.807) is 18.2 Å². The quantitative estimate of drug-likeness (QED) is 0.153. The zero-order valence-corrected chi connectivity index (χ0v) is 23.6. The van der Waals surface area contributed by atoms with Gasteiger partial charge in [0, 0.05) is 5.56 Å². The molecule has 1 N–H and O–H groups in total. The van der Waals surface area contributed by atoms with E-state index in [9.17, 15) is 14.7 Å². The largest absolute Gasteiger partial charge is 0.507 e. The molecular formula is C32H32N2O4S. The van der Waals surface area contributed by atoms with Gasteiger partial charge in [-0.05, 0) is 73.2 Å². The molecule has 1 aliphatic heterocycles. The van der Waals surface area contributed by atoms with Crippen molar-refractivity contribution in [3.8, 4) is 5.75 Å². The van der Waals surface area contributed by atoms with Crippen LogP contribution in [-0.2, 0) is 16.0 Å². The zero-order chi connectivity index (χ0) is 27.8. The minimum absolute atomic E-state index is 0.0503. The van der Waals surface area contributed by atoms with Gasteiger partial charge in [-0.25, -0.2) is 4.98 Å². The number of nitrogens with zero attached hydrogens (tertiary/aromatic N) is 2. The topological polar surface area (TPSA) is 79.7 Å². The molecule has 0 spiro atoms. The van der Waals surface area contributed by atoms with Crippen molar-refractivity contribution in [3.63, 3.8) is 0 Å². The first-order chi connectivity index (χ1) is 18.7. The number of amides is 1. The fourth-order valence-electron chi connectivity index (χ4n) is 4.84. The van der Waals surface area contributed by atoms with Gasteiger partial charge in [-0.15, -0.1) is 0 Å². The highest BCUT2D eigenvalue weighted by atomic mass is 32.1. The van der Waals surface area contributed by atoms with Gasteiger partial charge in [0.15, 0.2) is 5.13 Å². The summed E-state index contributed by atoms with van der Waals surface area (Å²) in [5.74, 6) is -0.553. The minimum Gasteiger partial charge on any atom is -0.507 e. The maximum Gasteiger partial charge on any atom is 0.301 e. The van der Waals surface area contributed by atoms with Crippen molar-refractivity contribution in [1.29, 1.82) is 0 Å². The summed E-state index contributed by atoms with van der Waals surface area (Å²) < 4.78 is 6.83. The van der Waals surface area contributed by atoms with E-state index in [-0.39, 0.29) is 11.3 Å². The van der Waals surface area contributed by atoms with Gasteiger partial charge in [0.05, 0.1) is 28.4 Å². The Morgan fingerprint density at radius 3 is 2.56 bits per heavy atom. The Kier molecular flexibility index (Phi) is 7.28. The minimum atomic E-state index is -0.812. The number of aromatic nitrogens is 1. The van der Waals surface area contributed by atoms with Crippen molar-refractivity contribution in [2.24, 2.45) is 5.92 Å². The first kappa shape index (κ1) is 26.6. The van der Waals surface area contributed by atoms with Crippen LogP contribution in [0.2, 0.25) is 0 Å². The van der Waals surface area contributed by atoms with E-state index >= 15 is 0 Å². The summed E-state index contributed by atoms with van der Waals surface area (Å²) in [6, 6.07) is 18.2. The first-order valence-electron chi connectivity index (χ1n) is 13.2. The molecule has 39 heavy (non-hydrogen) atoms. The molecule has 6 nitrogen and oxygen atoms in total. The molecule has 1 fully saturated rings. The highest BCUT2D eigenvalue weighted by Crippen LogP contribution is 2.44. The van der Waals surface area contributed by atoms with Gasteiger partial charge in [-0.1, -0.05) is 68.0 Å². The van der Waals surface area contributed by atoms with Crippen LogP contribution in [0.15, 0.2) is 66.2 Å². The number of aliphatic hydroxyl groups is 1. The zero-order valence-electron chi connectivity index (χ0n) is 22.8. The number of carbonyl (C=O) groups excluding carboxylic acids is 2. The number of benzene rings is 3. The van der Waals surface area contributed by atoms with Gasteiger partial charge < -0.3 is 9.84 Å². The number of fused-ring (bicyclic) bond motifs is 1. The molecule has 1 unspecified atom stereocenters. The number of Topliss-reactive ketones (excluding diaryl/α,β-unsaturated/α-hetero) is 1. The van der Waals surface area contributed by atoms with Crippen LogP contribution < -0.4 is 9.64 Å². The number of rotatable bonds is 7. The van der Waals surface area contributed by atoms with Crippen molar-refractivity contribution in [3.05, 3.63) is 94.1 Å². The summed E-state index contributed by atoms with van der Waals surface area (Å²) in [6.07, 6.45) is 0.887. The van der Waals surface area contributed by atoms with Gasteiger partial charge in [-0.2, -0.15) is 0 Å². The highest BCUT2D eigenvalue weighted by molar-refractivity contribution is 7.22. The number of aryl methyl sites for hydroxylation is 3. The predicted molar refractivity (Wildman–Crippen MR) is 156 cm³/mol. The van der Waals surface area contributed by atoms with E-state index in [0.717, 1.165) is 39.1 Å². The average Bonchev–Trinajstić information content (AvgIpc) is 3.44. The molecule has 0 radical (unpaired) electrons. The number of thiazole rings is 1. The molecule has 3 aromatic carbocycles. The SMILES string of the molecule is CCc1ccc2nc(N3C(=O)C(=O)/C(=C(/O)c4ccc(OCC(C)C)c(C)c4)C3c3cccc(C)c3)sc2c1. The average molecular weight is 541 g/mol. The van der Waals surface area contributed by atoms with Gasteiger partial charge in [0.2, 0.25) is 0 Å². The lowest BCUT2D eigenvalue weighted by molar-refractivity contribution is -0.132. The molecule has 200 valence electrons. The lowest BCUT2D eigenvalue weighted by Gasteiger charge is -2.23. The van der Waals surface area contributed by atoms with Crippen LogP contribution in [-0.4, -0.2) is 28.4 Å². The molecule has 1 aliphatic rings. The smallest absolute Gasteiger partial charge is 0.301 e. The van der Waals surface area contributed by atoms with Crippen LogP contribution in [0, 0.1) is 19.8 Å². The second-order valence-corrected chi connectivity index (χ2v) is 11.4. The molecule has 4 aromatic rings. The van der Waals surface area contributed by atoms with E-state index in [1.807, 2.05) is 50.2 Å². The highest BCUT2D eigenvalue weighted by Gasteiger charge is 2.48. The van der Waals surface area contributed by atoms with E-state index in [4.69, 9.17) is 9.72 Å². The molecule has 1 saturated heterocycles. The molecule has 1 atom stereocenters. The number of ketones is 1. The molecule has 1 amide bonds. The molecule has 0 saturated carbocycles. The molecule has 7 heteroatoms. The summed E-state index contributed by atoms with van der Waals surface area (Å²) in [5, 5.41) is 12.0. The van der Waals surface area contributed by atoms with E-state index < -0.39 is 17.7 Å². The molecule has 1 aromatic heterocycles. The Bertz CT molecular complexity index is 1620. The normalized spacial score (nSPS) is 17.0. The Labute approximate surface area is 232 Å². The van der Waals surface area contributed by atoms with Gasteiger partial charge in [0.1, 0.15) is 11.5 Å². The Balaban J connectivity index is 1.65. The maximum absolute atomic E-state index is 13.6. The van der Waals surface area contributed by atoms with Crippen molar-refractivity contribution >= 4 is 44.1 Å². The molecular weight excluding hydrogens is 508 g/mol. The van der Waals surface area contributed by atoms with E-state index in [0.29, 0.717) is 23.2 Å². The third kappa shape index (κ3) is 5.06. The van der Waals surface area contributed by atoms with Crippen molar-refractivity contribution in [1.82, 2.24) is 4.98 Å². The monoisotopic (exact) mass is 540 g/mol. The fourth-order valence-corrected chi connectivity index (χ4v) is 5.89. The van der Waals surface area contributed by atoms with Crippen molar-refractivity contribution in [2.45, 2.75) is 47.1 Å². The summed E-state index contributed by atoms with van der Waals surface area (Å²) in [7, 11) is 0. The van der Waals surface area contributed by atoms with Crippen LogP contribution in [0.1, 0.15) is 54.6 Å². The fraction of sp³-hybridized carbons (Fsp3) is 0.281. The van der Waals surface area contributed by atoms with Crippen LogP contribution in [0.4, 0.5) is 5.13 Å². The van der Waals surface area contributed by atoms with Crippen LogP contribution >= 0.6 is 11.3 Å². The van der Waals surface area contributed by atoms with Crippen LogP contribution in [0.3, 0.4) is 0 Å². The van der Waals surface area contributed by atoms with Crippen molar-refractivity contribution in [2.75, 3.05) is 11.5 Å². The number of anilines is 1. The molecule has 0 aliphatic carbocycles. The van der Waals surface area contributed by atoms with Crippen LogP contribution in [0.25, 0.3) is 16.0 Å². The van der Waals surface area contributed by atoms with Gasteiger partial charge in [0.25, 0.3) is 5.78 Å². The Morgan fingerprint density at radius 1 is 1.08 bits per heavy atom. The van der Waals surface area contributed by atoms with Gasteiger partial charge in [-0.3, -0.25) is 14.5 Å². The molecule has 2 heterocycles. The summed E-state index contributed by atoms with van der Waals surface area (Å²) in [4.78, 5) is 33.3. The third-order valence-corrected chi connectivity index (χ3v) is 7.90. The summed E-state index contributed by atoms with van der Waals surface area (Å²) >= 11 is 1.38. The van der Waals surface area contributed by atoms with Gasteiger partial charge >= 0.3 is 5.91 Å². The number of hydrogen-bond donors (Lipinski definition) is 1. The number of ether oxygens (including phenoxy) is 1. The predicted octanol–water partition coefficient (Wildman–Crippen LogP) is 7.14. The number of hydrogen-bond acceptors (Lipinski definition) is 6. The Hall–Kier alpha value is -3.97. The molecule has 0 bridgehead atoms. The first-order valence-corrected chi connectivity index (χ1v) is 14.0. The number of carbonyl (C=O) groups is 2. The van der Waals surface area contributed by atoms with E-state index in [2.05, 4.69) is 26.8 Å². The van der Waals surface area contributed by atoms with Crippen LogP contribution in [0.5, 0.6) is 5.75 Å². The van der Waals surface area contributed by atoms with Crippen molar-refractivity contribution < 1.29 is 19.4 Å². The lowest BCUT2D eigenvalue weighted by atomic mass is 9.94.